The van der Waals surface area contributed by atoms with E-state index in [1.165, 1.54) is 35.0 Å². The fraction of sp³-hybridized carbons (Fsp3) is 0.400. The molecule has 3 aromatic rings. The zero-order chi connectivity index (χ0) is 20.1. The predicted octanol–water partition coefficient (Wildman–Crippen LogP) is 5.20. The number of nitro groups is 1. The van der Waals surface area contributed by atoms with Gasteiger partial charge in [0, 0.05) is 17.0 Å². The zero-order valence-electron chi connectivity index (χ0n) is 16.0. The Hall–Kier alpha value is -2.74. The first-order valence-electron chi connectivity index (χ1n) is 9.23. The molecule has 1 unspecified atom stereocenters. The zero-order valence-corrected chi connectivity index (χ0v) is 16.8. The van der Waals surface area contributed by atoms with Crippen LogP contribution in [-0.2, 0) is 12.8 Å². The molecule has 2 aromatic heterocycles. The average Bonchev–Trinajstić information content (AvgIpc) is 3.01. The molecule has 28 heavy (non-hydrogen) atoms. The number of aromatic nitrogens is 2. The molecule has 1 aromatic carbocycles. The summed E-state index contributed by atoms with van der Waals surface area (Å²) in [5, 5.41) is 25.2. The van der Waals surface area contributed by atoms with Crippen molar-refractivity contribution in [2.45, 2.75) is 40.0 Å². The number of nitrogens with one attached hydrogen (secondary N) is 1. The Labute approximate surface area is 166 Å². The summed E-state index contributed by atoms with van der Waals surface area (Å²) >= 11 is 1.69. The van der Waals surface area contributed by atoms with Gasteiger partial charge in [-0.1, -0.05) is 20.8 Å². The molecule has 0 radical (unpaired) electrons. The number of anilines is 2. The summed E-state index contributed by atoms with van der Waals surface area (Å²) in [5.74, 6) is 1.14. The molecule has 0 saturated heterocycles. The molecule has 0 fully saturated rings. The van der Waals surface area contributed by atoms with Gasteiger partial charge in [0.2, 0.25) is 0 Å². The first-order valence-corrected chi connectivity index (χ1v) is 10.1. The highest BCUT2D eigenvalue weighted by Gasteiger charge is 2.31. The minimum absolute atomic E-state index is 0.0609. The second-order valence-electron chi connectivity index (χ2n) is 8.30. The number of aromatic hydroxyl groups is 1. The number of aryl methyl sites for hydroxylation is 1. The highest BCUT2D eigenvalue weighted by Crippen LogP contribution is 2.45. The van der Waals surface area contributed by atoms with E-state index in [0.29, 0.717) is 11.7 Å². The quantitative estimate of drug-likeness (QED) is 0.357. The van der Waals surface area contributed by atoms with Crippen LogP contribution in [0.1, 0.15) is 37.6 Å². The van der Waals surface area contributed by atoms with Crippen molar-refractivity contribution in [1.29, 1.82) is 0 Å². The number of thiophene rings is 1. The third-order valence-corrected chi connectivity index (χ3v) is 6.68. The normalized spacial score (nSPS) is 16.8. The van der Waals surface area contributed by atoms with E-state index in [4.69, 9.17) is 0 Å². The molecule has 0 spiro atoms. The van der Waals surface area contributed by atoms with Gasteiger partial charge in [0.25, 0.3) is 5.69 Å². The molecule has 146 valence electrons. The van der Waals surface area contributed by atoms with E-state index in [9.17, 15) is 15.2 Å². The molecule has 0 amide bonds. The maximum Gasteiger partial charge on any atom is 0.271 e. The molecular formula is C20H22N4O3S. The van der Waals surface area contributed by atoms with Gasteiger partial charge in [-0.2, -0.15) is 0 Å². The van der Waals surface area contributed by atoms with E-state index in [1.54, 1.807) is 11.3 Å². The molecule has 8 heteroatoms. The fourth-order valence-electron chi connectivity index (χ4n) is 3.81. The van der Waals surface area contributed by atoms with Crippen molar-refractivity contribution in [1.82, 2.24) is 9.97 Å². The highest BCUT2D eigenvalue weighted by molar-refractivity contribution is 7.19. The fourth-order valence-corrected chi connectivity index (χ4v) is 5.08. The number of hydrogen-bond acceptors (Lipinski definition) is 7. The summed E-state index contributed by atoms with van der Waals surface area (Å²) in [6.07, 6.45) is 4.59. The Morgan fingerprint density at radius 2 is 2.11 bits per heavy atom. The average molecular weight is 398 g/mol. The van der Waals surface area contributed by atoms with Crippen LogP contribution in [0.2, 0.25) is 0 Å². The second kappa shape index (κ2) is 6.70. The van der Waals surface area contributed by atoms with Gasteiger partial charge in [0.15, 0.2) is 0 Å². The maximum atomic E-state index is 11.1. The number of non-ortho nitro benzene ring substituents is 1. The van der Waals surface area contributed by atoms with Gasteiger partial charge in [-0.15, -0.1) is 11.3 Å². The number of rotatable bonds is 3. The molecular weight excluding hydrogens is 376 g/mol. The number of benzene rings is 1. The molecule has 1 aliphatic carbocycles. The molecule has 1 atom stereocenters. The van der Waals surface area contributed by atoms with E-state index in [0.717, 1.165) is 29.5 Å². The Morgan fingerprint density at radius 3 is 2.82 bits per heavy atom. The van der Waals surface area contributed by atoms with Gasteiger partial charge >= 0.3 is 0 Å². The van der Waals surface area contributed by atoms with Crippen molar-refractivity contribution in [2.75, 3.05) is 5.32 Å². The largest absolute Gasteiger partial charge is 0.506 e. The number of fused-ring (bicyclic) bond motifs is 3. The molecule has 7 nitrogen and oxygen atoms in total. The van der Waals surface area contributed by atoms with E-state index >= 15 is 0 Å². The summed E-state index contributed by atoms with van der Waals surface area (Å²) in [5.41, 5.74) is 1.69. The summed E-state index contributed by atoms with van der Waals surface area (Å²) in [4.78, 5) is 21.6. The van der Waals surface area contributed by atoms with Crippen molar-refractivity contribution in [3.05, 3.63) is 45.1 Å². The lowest BCUT2D eigenvalue weighted by atomic mass is 9.72. The number of hydrogen-bond donors (Lipinski definition) is 2. The summed E-state index contributed by atoms with van der Waals surface area (Å²) in [6.45, 7) is 6.86. The Balaban J connectivity index is 1.75. The minimum atomic E-state index is -0.487. The van der Waals surface area contributed by atoms with Gasteiger partial charge in [0.1, 0.15) is 22.7 Å². The highest BCUT2D eigenvalue weighted by atomic mass is 32.1. The van der Waals surface area contributed by atoms with Crippen LogP contribution in [-0.4, -0.2) is 20.0 Å². The topological polar surface area (TPSA) is 101 Å². The van der Waals surface area contributed by atoms with Crippen LogP contribution in [0, 0.1) is 21.4 Å². The van der Waals surface area contributed by atoms with Crippen LogP contribution in [0.4, 0.5) is 17.2 Å². The molecule has 2 heterocycles. The number of phenolic OH excluding ortho intramolecular Hbond substituents is 1. The van der Waals surface area contributed by atoms with Crippen molar-refractivity contribution in [3.8, 4) is 5.75 Å². The van der Waals surface area contributed by atoms with Crippen LogP contribution >= 0.6 is 11.3 Å². The van der Waals surface area contributed by atoms with Crippen LogP contribution in [0.5, 0.6) is 5.75 Å². The molecule has 0 aliphatic heterocycles. The van der Waals surface area contributed by atoms with Gasteiger partial charge in [-0.25, -0.2) is 9.97 Å². The van der Waals surface area contributed by atoms with Gasteiger partial charge in [-0.05, 0) is 42.2 Å². The Morgan fingerprint density at radius 1 is 1.32 bits per heavy atom. The molecule has 2 N–H and O–H groups in total. The molecule has 0 bridgehead atoms. The number of nitrogens with zero attached hydrogens (tertiary/aromatic N) is 3. The van der Waals surface area contributed by atoms with Crippen molar-refractivity contribution < 1.29 is 10.0 Å². The van der Waals surface area contributed by atoms with Gasteiger partial charge < -0.3 is 10.4 Å². The lowest BCUT2D eigenvalue weighted by Crippen LogP contribution is -2.26. The number of phenols is 1. The lowest BCUT2D eigenvalue weighted by Gasteiger charge is -2.33. The molecule has 4 rings (SSSR count). The van der Waals surface area contributed by atoms with Crippen LogP contribution < -0.4 is 5.32 Å². The minimum Gasteiger partial charge on any atom is -0.506 e. The number of nitro benzene ring substituents is 1. The van der Waals surface area contributed by atoms with Crippen molar-refractivity contribution in [3.63, 3.8) is 0 Å². The van der Waals surface area contributed by atoms with Crippen molar-refractivity contribution in [2.24, 2.45) is 11.3 Å². The van der Waals surface area contributed by atoms with Crippen molar-refractivity contribution >= 4 is 38.7 Å². The second-order valence-corrected chi connectivity index (χ2v) is 9.38. The van der Waals surface area contributed by atoms with Gasteiger partial charge in [0.05, 0.1) is 16.0 Å². The van der Waals surface area contributed by atoms with E-state index in [1.807, 2.05) is 0 Å². The maximum absolute atomic E-state index is 11.1. The third kappa shape index (κ3) is 3.28. The summed E-state index contributed by atoms with van der Waals surface area (Å²) in [7, 11) is 0. The Bertz CT molecular complexity index is 1070. The van der Waals surface area contributed by atoms with Crippen LogP contribution in [0.25, 0.3) is 10.2 Å². The van der Waals surface area contributed by atoms with Gasteiger partial charge in [-0.3, -0.25) is 10.1 Å². The molecule has 0 saturated carbocycles. The monoisotopic (exact) mass is 398 g/mol. The lowest BCUT2D eigenvalue weighted by molar-refractivity contribution is -0.384. The predicted molar refractivity (Wildman–Crippen MR) is 110 cm³/mol. The Kier molecular flexibility index (Phi) is 4.45. The smallest absolute Gasteiger partial charge is 0.271 e. The first-order chi connectivity index (χ1) is 13.2. The van der Waals surface area contributed by atoms with Crippen LogP contribution in [0.15, 0.2) is 24.5 Å². The van der Waals surface area contributed by atoms with E-state index in [2.05, 4.69) is 36.1 Å². The summed E-state index contributed by atoms with van der Waals surface area (Å²) in [6, 6.07) is 3.91. The SMILES string of the molecule is CC(C)(C)C1CCc2c(sc3ncnc(Nc4cc([N+](=O)[O-])ccc4O)c23)C1. The standard InChI is InChI=1S/C20H22N4O3S/c1-20(2,3)11-4-6-13-16(8-11)28-19-17(13)18(21-10-22-19)23-14-9-12(24(26)27)5-7-15(14)25/h5,7,9-11,25H,4,6,8H2,1-3H3,(H,21,22,23). The van der Waals surface area contributed by atoms with E-state index in [-0.39, 0.29) is 22.5 Å². The van der Waals surface area contributed by atoms with Crippen LogP contribution in [0.3, 0.4) is 0 Å². The molecule has 1 aliphatic rings. The third-order valence-electron chi connectivity index (χ3n) is 5.51. The first kappa shape index (κ1) is 18.6. The summed E-state index contributed by atoms with van der Waals surface area (Å²) < 4.78 is 0. The van der Waals surface area contributed by atoms with E-state index < -0.39 is 4.92 Å².